The Morgan fingerprint density at radius 2 is 2.13 bits per heavy atom. The van der Waals surface area contributed by atoms with Crippen LogP contribution in [-0.2, 0) is 0 Å². The highest BCUT2D eigenvalue weighted by Crippen LogP contribution is 2.17. The monoisotopic (exact) mass is 211 g/mol. The Bertz CT molecular complexity index is 178. The molecule has 1 heterocycles. The van der Waals surface area contributed by atoms with Crippen LogP contribution in [0.4, 0.5) is 0 Å². The summed E-state index contributed by atoms with van der Waals surface area (Å²) in [5.74, 6) is 0. The summed E-state index contributed by atoms with van der Waals surface area (Å²) in [5, 5.41) is 7.17. The van der Waals surface area contributed by atoms with Crippen molar-refractivity contribution in [2.24, 2.45) is 0 Å². The van der Waals surface area contributed by atoms with Crippen molar-refractivity contribution in [1.29, 1.82) is 0 Å². The Morgan fingerprint density at radius 3 is 2.87 bits per heavy atom. The fourth-order valence-electron chi connectivity index (χ4n) is 2.77. The molecule has 15 heavy (non-hydrogen) atoms. The van der Waals surface area contributed by atoms with Crippen molar-refractivity contribution >= 4 is 0 Å². The summed E-state index contributed by atoms with van der Waals surface area (Å²) in [4.78, 5) is 2.49. The molecule has 3 heteroatoms. The summed E-state index contributed by atoms with van der Waals surface area (Å²) >= 11 is 0. The van der Waals surface area contributed by atoms with Crippen LogP contribution in [0, 0.1) is 0 Å². The first-order chi connectivity index (χ1) is 7.36. The molecule has 88 valence electrons. The lowest BCUT2D eigenvalue weighted by Crippen LogP contribution is -2.50. The average Bonchev–Trinajstić information content (AvgIpc) is 2.74. The van der Waals surface area contributed by atoms with Crippen molar-refractivity contribution in [3.8, 4) is 0 Å². The summed E-state index contributed by atoms with van der Waals surface area (Å²) < 4.78 is 0. The molecule has 2 aliphatic rings. The van der Waals surface area contributed by atoms with Gasteiger partial charge in [0, 0.05) is 31.7 Å². The zero-order valence-electron chi connectivity index (χ0n) is 9.97. The number of hydrogen-bond donors (Lipinski definition) is 2. The fraction of sp³-hybridized carbons (Fsp3) is 1.00. The summed E-state index contributed by atoms with van der Waals surface area (Å²) in [7, 11) is 2.25. The molecule has 0 amide bonds. The molecule has 1 aliphatic carbocycles. The van der Waals surface area contributed by atoms with Crippen LogP contribution in [0.3, 0.4) is 0 Å². The van der Waals surface area contributed by atoms with E-state index in [1.165, 1.54) is 51.7 Å². The lowest BCUT2D eigenvalue weighted by molar-refractivity contribution is 0.188. The number of hydrogen-bond acceptors (Lipinski definition) is 3. The standard InChI is InChI=1S/C12H25N3/c1-15-9-8-13-10-12(15)6-7-14-11-4-2-3-5-11/h11-14H,2-10H2,1H3. The molecule has 1 aliphatic heterocycles. The second kappa shape index (κ2) is 5.83. The van der Waals surface area contributed by atoms with Crippen LogP contribution in [0.2, 0.25) is 0 Å². The van der Waals surface area contributed by atoms with Gasteiger partial charge in [-0.1, -0.05) is 12.8 Å². The largest absolute Gasteiger partial charge is 0.314 e. The van der Waals surface area contributed by atoms with Crippen molar-refractivity contribution in [3.05, 3.63) is 0 Å². The second-order valence-corrected chi connectivity index (χ2v) is 5.06. The van der Waals surface area contributed by atoms with E-state index in [0.717, 1.165) is 18.6 Å². The Labute approximate surface area is 93.6 Å². The minimum Gasteiger partial charge on any atom is -0.314 e. The van der Waals surface area contributed by atoms with Crippen LogP contribution in [0.25, 0.3) is 0 Å². The highest BCUT2D eigenvalue weighted by atomic mass is 15.2. The van der Waals surface area contributed by atoms with Gasteiger partial charge in [-0.3, -0.25) is 0 Å². The smallest absolute Gasteiger partial charge is 0.0230 e. The van der Waals surface area contributed by atoms with Gasteiger partial charge in [0.2, 0.25) is 0 Å². The molecular formula is C12H25N3. The molecule has 2 N–H and O–H groups in total. The summed E-state index contributed by atoms with van der Waals surface area (Å²) in [6, 6.07) is 1.57. The van der Waals surface area contributed by atoms with Crippen LogP contribution in [-0.4, -0.2) is 50.2 Å². The Hall–Kier alpha value is -0.120. The van der Waals surface area contributed by atoms with E-state index in [9.17, 15) is 0 Å². The van der Waals surface area contributed by atoms with Crippen LogP contribution >= 0.6 is 0 Å². The minimum atomic E-state index is 0.743. The molecule has 1 unspecified atom stereocenters. The zero-order chi connectivity index (χ0) is 10.5. The Kier molecular flexibility index (Phi) is 4.42. The predicted molar refractivity (Wildman–Crippen MR) is 64.2 cm³/mol. The second-order valence-electron chi connectivity index (χ2n) is 5.06. The molecule has 0 bridgehead atoms. The molecule has 0 aromatic rings. The molecule has 1 saturated carbocycles. The first-order valence-corrected chi connectivity index (χ1v) is 6.50. The van der Waals surface area contributed by atoms with Gasteiger partial charge in [0.05, 0.1) is 0 Å². The zero-order valence-corrected chi connectivity index (χ0v) is 9.97. The predicted octanol–water partition coefficient (Wildman–Crippen LogP) is 0.812. The molecule has 0 spiro atoms. The topological polar surface area (TPSA) is 27.3 Å². The van der Waals surface area contributed by atoms with Gasteiger partial charge < -0.3 is 15.5 Å². The maximum atomic E-state index is 3.69. The van der Waals surface area contributed by atoms with Crippen molar-refractivity contribution < 1.29 is 0 Å². The molecule has 0 aromatic heterocycles. The maximum absolute atomic E-state index is 3.69. The number of likely N-dealkylation sites (N-methyl/N-ethyl adjacent to an activating group) is 1. The first-order valence-electron chi connectivity index (χ1n) is 6.50. The molecule has 2 fully saturated rings. The van der Waals surface area contributed by atoms with Crippen molar-refractivity contribution in [3.63, 3.8) is 0 Å². The normalized spacial score (nSPS) is 29.8. The Morgan fingerprint density at radius 1 is 1.33 bits per heavy atom. The van der Waals surface area contributed by atoms with Gasteiger partial charge in [0.15, 0.2) is 0 Å². The summed E-state index contributed by atoms with van der Waals surface area (Å²) in [5.41, 5.74) is 0. The van der Waals surface area contributed by atoms with E-state index >= 15 is 0 Å². The molecule has 1 saturated heterocycles. The highest BCUT2D eigenvalue weighted by Gasteiger charge is 2.19. The lowest BCUT2D eigenvalue weighted by atomic mass is 10.1. The Balaban J connectivity index is 1.59. The van der Waals surface area contributed by atoms with E-state index in [2.05, 4.69) is 22.6 Å². The first kappa shape index (κ1) is 11.4. The fourth-order valence-corrected chi connectivity index (χ4v) is 2.77. The quantitative estimate of drug-likeness (QED) is 0.721. The van der Waals surface area contributed by atoms with E-state index in [1.807, 2.05) is 0 Å². The van der Waals surface area contributed by atoms with Gasteiger partial charge in [0.25, 0.3) is 0 Å². The molecule has 2 rings (SSSR count). The SMILES string of the molecule is CN1CCNCC1CCNC1CCCC1. The summed E-state index contributed by atoms with van der Waals surface area (Å²) in [6.07, 6.45) is 6.96. The average molecular weight is 211 g/mol. The van der Waals surface area contributed by atoms with E-state index in [1.54, 1.807) is 0 Å². The van der Waals surface area contributed by atoms with Gasteiger partial charge in [-0.05, 0) is 32.9 Å². The number of piperazine rings is 1. The maximum Gasteiger partial charge on any atom is 0.0230 e. The molecule has 3 nitrogen and oxygen atoms in total. The van der Waals surface area contributed by atoms with Gasteiger partial charge >= 0.3 is 0 Å². The van der Waals surface area contributed by atoms with Crippen LogP contribution in [0.1, 0.15) is 32.1 Å². The van der Waals surface area contributed by atoms with E-state index in [-0.39, 0.29) is 0 Å². The number of nitrogens with zero attached hydrogens (tertiary/aromatic N) is 1. The lowest BCUT2D eigenvalue weighted by Gasteiger charge is -2.33. The third kappa shape index (κ3) is 3.44. The van der Waals surface area contributed by atoms with Gasteiger partial charge in [-0.25, -0.2) is 0 Å². The molecular weight excluding hydrogens is 186 g/mol. The van der Waals surface area contributed by atoms with Crippen LogP contribution < -0.4 is 10.6 Å². The van der Waals surface area contributed by atoms with Gasteiger partial charge in [0.1, 0.15) is 0 Å². The molecule has 0 aromatic carbocycles. The third-order valence-corrected chi connectivity index (χ3v) is 3.91. The highest BCUT2D eigenvalue weighted by molar-refractivity contribution is 4.79. The molecule has 0 radical (unpaired) electrons. The van der Waals surface area contributed by atoms with Crippen molar-refractivity contribution in [2.45, 2.75) is 44.2 Å². The van der Waals surface area contributed by atoms with Crippen LogP contribution in [0.15, 0.2) is 0 Å². The summed E-state index contributed by atoms with van der Waals surface area (Å²) in [6.45, 7) is 4.72. The van der Waals surface area contributed by atoms with E-state index < -0.39 is 0 Å². The van der Waals surface area contributed by atoms with E-state index in [0.29, 0.717) is 0 Å². The van der Waals surface area contributed by atoms with Crippen molar-refractivity contribution in [1.82, 2.24) is 15.5 Å². The van der Waals surface area contributed by atoms with Crippen molar-refractivity contribution in [2.75, 3.05) is 33.2 Å². The molecule has 1 atom stereocenters. The van der Waals surface area contributed by atoms with Gasteiger partial charge in [-0.2, -0.15) is 0 Å². The number of nitrogens with one attached hydrogen (secondary N) is 2. The van der Waals surface area contributed by atoms with Crippen LogP contribution in [0.5, 0.6) is 0 Å². The number of rotatable bonds is 4. The minimum absolute atomic E-state index is 0.743. The third-order valence-electron chi connectivity index (χ3n) is 3.91. The van der Waals surface area contributed by atoms with Gasteiger partial charge in [-0.15, -0.1) is 0 Å². The van der Waals surface area contributed by atoms with E-state index in [4.69, 9.17) is 0 Å².